The predicted molar refractivity (Wildman–Crippen MR) is 80.1 cm³/mol. The molecule has 6 heteroatoms. The number of rotatable bonds is 4. The Morgan fingerprint density at radius 1 is 1.50 bits per heavy atom. The standard InChI is InChI=1S/C14H19ClN4O/c1-9-7-11-13(16-8-9)19(12(17-11)5-6-15)10(2)14(20)18(3)4/h7-8,10H,5-6H2,1-4H3. The van der Waals surface area contributed by atoms with E-state index in [0.29, 0.717) is 12.3 Å². The molecule has 1 atom stereocenters. The Labute approximate surface area is 123 Å². The quantitative estimate of drug-likeness (QED) is 0.812. The highest BCUT2D eigenvalue weighted by Gasteiger charge is 2.23. The normalized spacial score (nSPS) is 12.7. The highest BCUT2D eigenvalue weighted by molar-refractivity contribution is 6.17. The van der Waals surface area contributed by atoms with Crippen LogP contribution in [0.25, 0.3) is 11.2 Å². The summed E-state index contributed by atoms with van der Waals surface area (Å²) in [5, 5.41) is 0. The molecular weight excluding hydrogens is 276 g/mol. The summed E-state index contributed by atoms with van der Waals surface area (Å²) in [6, 6.07) is 1.63. The van der Waals surface area contributed by atoms with Gasteiger partial charge in [-0.15, -0.1) is 11.6 Å². The molecule has 0 saturated heterocycles. The SMILES string of the molecule is Cc1cnc2c(c1)nc(CCCl)n2C(C)C(=O)N(C)C. The monoisotopic (exact) mass is 294 g/mol. The van der Waals surface area contributed by atoms with Gasteiger partial charge in [-0.25, -0.2) is 9.97 Å². The van der Waals surface area contributed by atoms with Crippen molar-refractivity contribution in [2.24, 2.45) is 0 Å². The third-order valence-electron chi connectivity index (χ3n) is 3.24. The number of amides is 1. The first-order chi connectivity index (χ1) is 9.45. The number of alkyl halides is 1. The van der Waals surface area contributed by atoms with E-state index in [1.165, 1.54) is 0 Å². The van der Waals surface area contributed by atoms with Gasteiger partial charge in [-0.05, 0) is 25.5 Å². The Balaban J connectivity index is 2.59. The summed E-state index contributed by atoms with van der Waals surface area (Å²) in [6.07, 6.45) is 2.40. The van der Waals surface area contributed by atoms with Crippen LogP contribution in [0.3, 0.4) is 0 Å². The summed E-state index contributed by atoms with van der Waals surface area (Å²) in [5.41, 5.74) is 2.59. The zero-order valence-corrected chi connectivity index (χ0v) is 13.0. The van der Waals surface area contributed by atoms with E-state index in [-0.39, 0.29) is 11.9 Å². The molecule has 5 nitrogen and oxygen atoms in total. The van der Waals surface area contributed by atoms with Gasteiger partial charge in [0, 0.05) is 32.6 Å². The van der Waals surface area contributed by atoms with Gasteiger partial charge in [0.05, 0.1) is 0 Å². The smallest absolute Gasteiger partial charge is 0.244 e. The second-order valence-corrected chi connectivity index (χ2v) is 5.48. The number of nitrogens with zero attached hydrogens (tertiary/aromatic N) is 4. The van der Waals surface area contributed by atoms with Crippen LogP contribution in [0.1, 0.15) is 24.4 Å². The number of aryl methyl sites for hydroxylation is 2. The zero-order chi connectivity index (χ0) is 14.9. The minimum Gasteiger partial charge on any atom is -0.347 e. The Bertz CT molecular complexity index is 635. The summed E-state index contributed by atoms with van der Waals surface area (Å²) >= 11 is 5.84. The highest BCUT2D eigenvalue weighted by Crippen LogP contribution is 2.22. The average Bonchev–Trinajstić information content (AvgIpc) is 2.74. The fourth-order valence-corrected chi connectivity index (χ4v) is 2.45. The number of likely N-dealkylation sites (N-methyl/N-ethyl adjacent to an activating group) is 1. The second-order valence-electron chi connectivity index (χ2n) is 5.10. The van der Waals surface area contributed by atoms with Crippen LogP contribution >= 0.6 is 11.6 Å². The maximum atomic E-state index is 12.2. The lowest BCUT2D eigenvalue weighted by Gasteiger charge is -2.20. The van der Waals surface area contributed by atoms with Crippen LogP contribution in [-0.4, -0.2) is 45.3 Å². The van der Waals surface area contributed by atoms with E-state index in [9.17, 15) is 4.79 Å². The first-order valence-corrected chi connectivity index (χ1v) is 7.09. The Kier molecular flexibility index (Phi) is 4.28. The fraction of sp³-hybridized carbons (Fsp3) is 0.500. The van der Waals surface area contributed by atoms with Crippen molar-refractivity contribution >= 4 is 28.7 Å². The van der Waals surface area contributed by atoms with Crippen molar-refractivity contribution in [3.8, 4) is 0 Å². The van der Waals surface area contributed by atoms with Crippen LogP contribution < -0.4 is 0 Å². The van der Waals surface area contributed by atoms with Crippen molar-refractivity contribution < 1.29 is 4.79 Å². The summed E-state index contributed by atoms with van der Waals surface area (Å²) in [7, 11) is 3.49. The van der Waals surface area contributed by atoms with E-state index < -0.39 is 0 Å². The number of aromatic nitrogens is 3. The number of pyridine rings is 1. The van der Waals surface area contributed by atoms with E-state index in [2.05, 4.69) is 9.97 Å². The number of fused-ring (bicyclic) bond motifs is 1. The third-order valence-corrected chi connectivity index (χ3v) is 3.43. The van der Waals surface area contributed by atoms with Crippen molar-refractivity contribution in [3.05, 3.63) is 23.7 Å². The largest absolute Gasteiger partial charge is 0.347 e. The number of carbonyl (C=O) groups excluding carboxylic acids is 1. The topological polar surface area (TPSA) is 51.0 Å². The van der Waals surface area contributed by atoms with Crippen molar-refractivity contribution in [2.45, 2.75) is 26.3 Å². The van der Waals surface area contributed by atoms with Crippen LogP contribution in [0.15, 0.2) is 12.3 Å². The molecule has 0 radical (unpaired) electrons. The molecular formula is C14H19ClN4O. The molecule has 20 heavy (non-hydrogen) atoms. The zero-order valence-electron chi connectivity index (χ0n) is 12.2. The molecule has 1 amide bonds. The number of carbonyl (C=O) groups is 1. The third kappa shape index (κ3) is 2.63. The Morgan fingerprint density at radius 2 is 2.20 bits per heavy atom. The minimum absolute atomic E-state index is 0.0162. The molecule has 0 aliphatic rings. The molecule has 2 rings (SSSR count). The summed E-state index contributed by atoms with van der Waals surface area (Å²) in [4.78, 5) is 22.8. The molecule has 0 fully saturated rings. The van der Waals surface area contributed by atoms with Gasteiger partial charge in [0.15, 0.2) is 5.65 Å². The maximum absolute atomic E-state index is 12.2. The number of imidazole rings is 1. The molecule has 2 aromatic rings. The molecule has 2 aromatic heterocycles. The van der Waals surface area contributed by atoms with Gasteiger partial charge in [-0.2, -0.15) is 0 Å². The molecule has 1 unspecified atom stereocenters. The van der Waals surface area contributed by atoms with Crippen molar-refractivity contribution in [3.63, 3.8) is 0 Å². The van der Waals surface area contributed by atoms with Crippen molar-refractivity contribution in [2.75, 3.05) is 20.0 Å². The van der Waals surface area contributed by atoms with Crippen molar-refractivity contribution in [1.82, 2.24) is 19.4 Å². The van der Waals surface area contributed by atoms with E-state index in [1.54, 1.807) is 25.2 Å². The minimum atomic E-state index is -0.344. The number of halogens is 1. The van der Waals surface area contributed by atoms with Crippen LogP contribution in [-0.2, 0) is 11.2 Å². The molecule has 0 aliphatic carbocycles. The molecule has 0 bridgehead atoms. The van der Waals surface area contributed by atoms with Gasteiger partial charge in [0.25, 0.3) is 0 Å². The lowest BCUT2D eigenvalue weighted by Crippen LogP contribution is -2.30. The summed E-state index contributed by atoms with van der Waals surface area (Å²) in [5.74, 6) is 1.28. The highest BCUT2D eigenvalue weighted by atomic mass is 35.5. The first kappa shape index (κ1) is 14.8. The van der Waals surface area contributed by atoms with Crippen LogP contribution in [0, 0.1) is 6.92 Å². The lowest BCUT2D eigenvalue weighted by molar-refractivity contribution is -0.131. The maximum Gasteiger partial charge on any atom is 0.244 e. The van der Waals surface area contributed by atoms with E-state index in [0.717, 1.165) is 22.6 Å². The van der Waals surface area contributed by atoms with E-state index >= 15 is 0 Å². The van der Waals surface area contributed by atoms with Gasteiger partial charge in [-0.1, -0.05) is 0 Å². The average molecular weight is 295 g/mol. The Hall–Kier alpha value is -1.62. The fourth-order valence-electron chi connectivity index (χ4n) is 2.28. The number of hydrogen-bond donors (Lipinski definition) is 0. The van der Waals surface area contributed by atoms with Crippen LogP contribution in [0.5, 0.6) is 0 Å². The molecule has 0 aromatic carbocycles. The molecule has 0 spiro atoms. The van der Waals surface area contributed by atoms with Gasteiger partial charge in [-0.3, -0.25) is 4.79 Å². The van der Waals surface area contributed by atoms with E-state index in [1.807, 2.05) is 24.5 Å². The van der Waals surface area contributed by atoms with Gasteiger partial charge in [0.2, 0.25) is 5.91 Å². The van der Waals surface area contributed by atoms with Crippen LogP contribution in [0.4, 0.5) is 0 Å². The first-order valence-electron chi connectivity index (χ1n) is 6.56. The molecule has 0 aliphatic heterocycles. The van der Waals surface area contributed by atoms with Crippen LogP contribution in [0.2, 0.25) is 0 Å². The predicted octanol–water partition coefficient (Wildman–Crippen LogP) is 2.17. The lowest BCUT2D eigenvalue weighted by atomic mass is 10.2. The van der Waals surface area contributed by atoms with Crippen molar-refractivity contribution in [1.29, 1.82) is 0 Å². The summed E-state index contributed by atoms with van der Waals surface area (Å²) in [6.45, 7) is 3.84. The molecule has 108 valence electrons. The molecule has 2 heterocycles. The molecule has 0 N–H and O–H groups in total. The van der Waals surface area contributed by atoms with Gasteiger partial charge < -0.3 is 9.47 Å². The second kappa shape index (κ2) is 5.79. The molecule has 0 saturated carbocycles. The van der Waals surface area contributed by atoms with Gasteiger partial charge >= 0.3 is 0 Å². The number of hydrogen-bond acceptors (Lipinski definition) is 3. The summed E-state index contributed by atoms with van der Waals surface area (Å²) < 4.78 is 1.89. The van der Waals surface area contributed by atoms with Gasteiger partial charge in [0.1, 0.15) is 17.4 Å². The Morgan fingerprint density at radius 3 is 2.80 bits per heavy atom. The van der Waals surface area contributed by atoms with E-state index in [4.69, 9.17) is 11.6 Å².